The number of aromatic nitrogens is 3. The Morgan fingerprint density at radius 3 is 2.78 bits per heavy atom. The Balaban J connectivity index is 2.16. The second-order valence-electron chi connectivity index (χ2n) is 4.12. The van der Waals surface area contributed by atoms with E-state index in [2.05, 4.69) is 17.0 Å². The lowest BCUT2D eigenvalue weighted by atomic mass is 10.1. The number of aryl methyl sites for hydroxylation is 1. The highest BCUT2D eigenvalue weighted by atomic mass is 16.3. The van der Waals surface area contributed by atoms with Crippen LogP contribution >= 0.6 is 0 Å². The fourth-order valence-corrected chi connectivity index (χ4v) is 1.94. The minimum atomic E-state index is 0.236. The number of phenols is 1. The zero-order chi connectivity index (χ0) is 12.5. The molecule has 0 aliphatic rings. The van der Waals surface area contributed by atoms with E-state index < -0.39 is 0 Å². The van der Waals surface area contributed by atoms with Gasteiger partial charge in [-0.25, -0.2) is 9.50 Å². The Bertz CT molecular complexity index is 703. The van der Waals surface area contributed by atoms with Gasteiger partial charge in [-0.3, -0.25) is 0 Å². The molecule has 18 heavy (non-hydrogen) atoms. The number of benzene rings is 1. The summed E-state index contributed by atoms with van der Waals surface area (Å²) in [6, 6.07) is 11.0. The third kappa shape index (κ3) is 1.72. The van der Waals surface area contributed by atoms with Crippen LogP contribution in [0.1, 0.15) is 12.6 Å². The van der Waals surface area contributed by atoms with E-state index in [1.807, 2.05) is 30.5 Å². The van der Waals surface area contributed by atoms with Crippen LogP contribution in [-0.4, -0.2) is 19.7 Å². The molecule has 0 atom stereocenters. The van der Waals surface area contributed by atoms with Crippen LogP contribution in [0, 0.1) is 0 Å². The van der Waals surface area contributed by atoms with Crippen molar-refractivity contribution in [3.05, 3.63) is 48.3 Å². The average molecular weight is 239 g/mol. The molecule has 0 saturated carbocycles. The summed E-state index contributed by atoms with van der Waals surface area (Å²) in [6.45, 7) is 2.06. The van der Waals surface area contributed by atoms with Crippen molar-refractivity contribution in [2.75, 3.05) is 0 Å². The highest BCUT2D eigenvalue weighted by Crippen LogP contribution is 2.26. The number of rotatable bonds is 2. The fraction of sp³-hybridized carbons (Fsp3) is 0.143. The van der Waals surface area contributed by atoms with Gasteiger partial charge >= 0.3 is 0 Å². The number of fused-ring (bicyclic) bond motifs is 1. The van der Waals surface area contributed by atoms with E-state index in [0.717, 1.165) is 29.0 Å². The Morgan fingerprint density at radius 2 is 2.00 bits per heavy atom. The van der Waals surface area contributed by atoms with Gasteiger partial charge in [0.2, 0.25) is 0 Å². The van der Waals surface area contributed by atoms with Gasteiger partial charge in [0.05, 0.1) is 17.6 Å². The Labute approximate surface area is 105 Å². The van der Waals surface area contributed by atoms with Gasteiger partial charge in [-0.05, 0) is 30.7 Å². The Morgan fingerprint density at radius 1 is 1.17 bits per heavy atom. The van der Waals surface area contributed by atoms with Gasteiger partial charge < -0.3 is 5.11 Å². The fourth-order valence-electron chi connectivity index (χ4n) is 1.94. The quantitative estimate of drug-likeness (QED) is 0.748. The number of hydrogen-bond acceptors (Lipinski definition) is 3. The molecule has 2 heterocycles. The third-order valence-corrected chi connectivity index (χ3v) is 2.91. The van der Waals surface area contributed by atoms with Gasteiger partial charge in [-0.1, -0.05) is 19.1 Å². The van der Waals surface area contributed by atoms with Gasteiger partial charge in [-0.15, -0.1) is 0 Å². The van der Waals surface area contributed by atoms with E-state index in [0.29, 0.717) is 0 Å². The first-order valence-corrected chi connectivity index (χ1v) is 5.91. The van der Waals surface area contributed by atoms with Crippen LogP contribution in [0.5, 0.6) is 5.75 Å². The highest BCUT2D eigenvalue weighted by Gasteiger charge is 2.07. The molecule has 0 bridgehead atoms. The topological polar surface area (TPSA) is 50.4 Å². The van der Waals surface area contributed by atoms with E-state index in [9.17, 15) is 5.11 Å². The van der Waals surface area contributed by atoms with Crippen molar-refractivity contribution >= 4 is 5.65 Å². The molecule has 3 aromatic rings. The predicted molar refractivity (Wildman–Crippen MR) is 69.5 cm³/mol. The molecule has 3 rings (SSSR count). The van der Waals surface area contributed by atoms with Crippen molar-refractivity contribution in [1.29, 1.82) is 0 Å². The number of para-hydroxylation sites is 1. The van der Waals surface area contributed by atoms with Gasteiger partial charge in [0.1, 0.15) is 5.75 Å². The first-order chi connectivity index (χ1) is 8.78. The van der Waals surface area contributed by atoms with Crippen LogP contribution in [0.15, 0.2) is 42.6 Å². The molecule has 1 N–H and O–H groups in total. The van der Waals surface area contributed by atoms with Gasteiger partial charge in [0, 0.05) is 5.56 Å². The SMILES string of the molecule is CCc1cn2nc(-c3ccccc3O)ccc2n1. The number of aromatic hydroxyl groups is 1. The summed E-state index contributed by atoms with van der Waals surface area (Å²) in [6.07, 6.45) is 2.80. The van der Waals surface area contributed by atoms with Crippen LogP contribution in [0.2, 0.25) is 0 Å². The molecular formula is C14H13N3O. The Kier molecular flexibility index (Phi) is 2.48. The van der Waals surface area contributed by atoms with Crippen molar-refractivity contribution in [2.45, 2.75) is 13.3 Å². The van der Waals surface area contributed by atoms with Crippen molar-refractivity contribution < 1.29 is 5.11 Å². The molecule has 0 unspecified atom stereocenters. The first-order valence-electron chi connectivity index (χ1n) is 5.91. The zero-order valence-electron chi connectivity index (χ0n) is 10.0. The summed E-state index contributed by atoms with van der Waals surface area (Å²) < 4.78 is 1.75. The molecule has 90 valence electrons. The van der Waals surface area contributed by atoms with E-state index >= 15 is 0 Å². The summed E-state index contributed by atoms with van der Waals surface area (Å²) in [5, 5.41) is 14.3. The summed E-state index contributed by atoms with van der Waals surface area (Å²) in [7, 11) is 0. The molecule has 0 amide bonds. The maximum absolute atomic E-state index is 9.82. The maximum atomic E-state index is 9.82. The minimum Gasteiger partial charge on any atom is -0.507 e. The van der Waals surface area contributed by atoms with Crippen molar-refractivity contribution in [3.63, 3.8) is 0 Å². The van der Waals surface area contributed by atoms with E-state index in [4.69, 9.17) is 0 Å². The van der Waals surface area contributed by atoms with Crippen LogP contribution in [0.4, 0.5) is 0 Å². The lowest BCUT2D eigenvalue weighted by Gasteiger charge is -2.03. The lowest BCUT2D eigenvalue weighted by molar-refractivity contribution is 0.477. The average Bonchev–Trinajstić information content (AvgIpc) is 2.81. The second kappa shape index (κ2) is 4.14. The molecule has 0 spiro atoms. The van der Waals surface area contributed by atoms with Crippen molar-refractivity contribution in [2.24, 2.45) is 0 Å². The monoisotopic (exact) mass is 239 g/mol. The normalized spacial score (nSPS) is 10.9. The second-order valence-corrected chi connectivity index (χ2v) is 4.12. The molecule has 0 radical (unpaired) electrons. The molecule has 0 aliphatic carbocycles. The van der Waals surface area contributed by atoms with Gasteiger partial charge in [0.25, 0.3) is 0 Å². The van der Waals surface area contributed by atoms with Crippen LogP contribution in [0.25, 0.3) is 16.9 Å². The third-order valence-electron chi connectivity index (χ3n) is 2.91. The molecule has 0 fully saturated rings. The summed E-state index contributed by atoms with van der Waals surface area (Å²) in [5.41, 5.74) is 3.30. The van der Waals surface area contributed by atoms with Gasteiger partial charge in [-0.2, -0.15) is 5.10 Å². The zero-order valence-corrected chi connectivity index (χ0v) is 10.0. The molecule has 0 saturated heterocycles. The van der Waals surface area contributed by atoms with E-state index in [-0.39, 0.29) is 5.75 Å². The lowest BCUT2D eigenvalue weighted by Crippen LogP contribution is -1.93. The smallest absolute Gasteiger partial charge is 0.153 e. The standard InChI is InChI=1S/C14H13N3O/c1-2-10-9-17-14(15-10)8-7-12(16-17)11-5-3-4-6-13(11)18/h3-9,18H,2H2,1H3. The molecule has 4 nitrogen and oxygen atoms in total. The number of phenolic OH excluding ortho intramolecular Hbond substituents is 1. The maximum Gasteiger partial charge on any atom is 0.153 e. The summed E-state index contributed by atoms with van der Waals surface area (Å²) >= 11 is 0. The molecule has 1 aromatic carbocycles. The van der Waals surface area contributed by atoms with Crippen molar-refractivity contribution in [1.82, 2.24) is 14.6 Å². The molecule has 4 heteroatoms. The minimum absolute atomic E-state index is 0.236. The predicted octanol–water partition coefficient (Wildman–Crippen LogP) is 2.66. The number of hydrogen-bond donors (Lipinski definition) is 1. The Hall–Kier alpha value is -2.36. The van der Waals surface area contributed by atoms with Crippen LogP contribution in [-0.2, 0) is 6.42 Å². The first kappa shape index (κ1) is 10.8. The van der Waals surface area contributed by atoms with Crippen molar-refractivity contribution in [3.8, 4) is 17.0 Å². The van der Waals surface area contributed by atoms with Crippen LogP contribution < -0.4 is 0 Å². The largest absolute Gasteiger partial charge is 0.507 e. The van der Waals surface area contributed by atoms with Gasteiger partial charge in [0.15, 0.2) is 5.65 Å². The van der Waals surface area contributed by atoms with E-state index in [1.54, 1.807) is 16.6 Å². The molecular weight excluding hydrogens is 226 g/mol. The molecule has 2 aromatic heterocycles. The summed E-state index contributed by atoms with van der Waals surface area (Å²) in [4.78, 5) is 4.43. The number of imidazole rings is 1. The van der Waals surface area contributed by atoms with E-state index in [1.165, 1.54) is 0 Å². The number of nitrogens with zero attached hydrogens (tertiary/aromatic N) is 3. The van der Waals surface area contributed by atoms with Crippen LogP contribution in [0.3, 0.4) is 0 Å². The highest BCUT2D eigenvalue weighted by molar-refractivity contribution is 5.67. The summed E-state index contributed by atoms with van der Waals surface area (Å²) in [5.74, 6) is 0.236. The molecule has 0 aliphatic heterocycles.